The van der Waals surface area contributed by atoms with Crippen molar-refractivity contribution < 1.29 is 0 Å². The molecule has 1 heterocycles. The first kappa shape index (κ1) is 16.6. The van der Waals surface area contributed by atoms with Crippen molar-refractivity contribution in [3.8, 4) is 0 Å². The van der Waals surface area contributed by atoms with Crippen LogP contribution in [0.15, 0.2) is 0 Å². The second-order valence-electron chi connectivity index (χ2n) is 5.43. The minimum absolute atomic E-state index is 0.589. The zero-order valence-electron chi connectivity index (χ0n) is 13.3. The summed E-state index contributed by atoms with van der Waals surface area (Å²) in [5.41, 5.74) is 1.21. The van der Waals surface area contributed by atoms with Crippen LogP contribution in [0.4, 0.5) is 0 Å². The summed E-state index contributed by atoms with van der Waals surface area (Å²) in [5.74, 6) is 0.782. The van der Waals surface area contributed by atoms with Gasteiger partial charge in [-0.05, 0) is 32.7 Å². The molecular weight excluding hydrogens is 252 g/mol. The fourth-order valence-electron chi connectivity index (χ4n) is 2.64. The number of hydrogen-bond acceptors (Lipinski definition) is 3. The van der Waals surface area contributed by atoms with Crippen LogP contribution in [0.1, 0.15) is 62.0 Å². The molecule has 0 aliphatic heterocycles. The van der Waals surface area contributed by atoms with E-state index in [2.05, 4.69) is 39.9 Å². The van der Waals surface area contributed by atoms with Crippen LogP contribution in [0.2, 0.25) is 0 Å². The summed E-state index contributed by atoms with van der Waals surface area (Å²) in [6.07, 6.45) is 6.34. The number of likely N-dealkylation sites (N-methyl/N-ethyl adjacent to an activating group) is 1. The zero-order chi connectivity index (χ0) is 14.3. The van der Waals surface area contributed by atoms with E-state index in [9.17, 15) is 0 Å². The predicted molar refractivity (Wildman–Crippen MR) is 86.1 cm³/mol. The Morgan fingerprint density at radius 1 is 1.21 bits per heavy atom. The fraction of sp³-hybridized carbons (Fsp3) is 0.812. The highest BCUT2D eigenvalue weighted by Crippen LogP contribution is 2.23. The molecule has 0 saturated carbocycles. The fourth-order valence-corrected chi connectivity index (χ4v) is 3.63. The number of unbranched alkanes of at least 4 members (excludes halogenated alkanes) is 1. The summed E-state index contributed by atoms with van der Waals surface area (Å²) < 4.78 is 0. The normalized spacial score (nSPS) is 14.6. The Hall–Kier alpha value is -0.410. The monoisotopic (exact) mass is 282 g/mol. The molecular formula is C16H30N2S. The summed E-state index contributed by atoms with van der Waals surface area (Å²) in [5, 5.41) is 4.99. The number of nitrogens with zero attached hydrogens (tertiary/aromatic N) is 1. The standard InChI is InChI=1S/C16H30N2S/c1-6-9-10-14(7-2)15(17-8-3)11-16-18-12(4)13(5)19-16/h14-15,17H,6-11H2,1-5H3. The molecule has 2 atom stereocenters. The van der Waals surface area contributed by atoms with Gasteiger partial charge in [0.2, 0.25) is 0 Å². The first-order chi connectivity index (χ1) is 9.12. The van der Waals surface area contributed by atoms with E-state index in [0.29, 0.717) is 6.04 Å². The van der Waals surface area contributed by atoms with Crippen LogP contribution in [0.3, 0.4) is 0 Å². The highest BCUT2D eigenvalue weighted by atomic mass is 32.1. The molecule has 1 N–H and O–H groups in total. The molecule has 110 valence electrons. The Morgan fingerprint density at radius 2 is 1.95 bits per heavy atom. The Bertz CT molecular complexity index is 340. The average molecular weight is 282 g/mol. The van der Waals surface area contributed by atoms with Gasteiger partial charge in [0.1, 0.15) is 0 Å². The smallest absolute Gasteiger partial charge is 0.0946 e. The maximum absolute atomic E-state index is 4.71. The largest absolute Gasteiger partial charge is 0.314 e. The minimum atomic E-state index is 0.589. The van der Waals surface area contributed by atoms with Crippen molar-refractivity contribution in [2.24, 2.45) is 5.92 Å². The van der Waals surface area contributed by atoms with Gasteiger partial charge in [0.25, 0.3) is 0 Å². The second-order valence-corrected chi connectivity index (χ2v) is 6.72. The summed E-state index contributed by atoms with van der Waals surface area (Å²) >= 11 is 1.87. The SMILES string of the molecule is CCCCC(CC)C(Cc1nc(C)c(C)s1)NCC. The van der Waals surface area contributed by atoms with E-state index in [1.54, 1.807) is 0 Å². The van der Waals surface area contributed by atoms with Gasteiger partial charge in [-0.25, -0.2) is 4.98 Å². The van der Waals surface area contributed by atoms with Crippen LogP contribution >= 0.6 is 11.3 Å². The van der Waals surface area contributed by atoms with Crippen molar-refractivity contribution in [2.45, 2.75) is 72.8 Å². The van der Waals surface area contributed by atoms with Gasteiger partial charge in [0.05, 0.1) is 10.7 Å². The molecule has 0 saturated heterocycles. The lowest BCUT2D eigenvalue weighted by Crippen LogP contribution is -2.37. The highest BCUT2D eigenvalue weighted by molar-refractivity contribution is 7.11. The molecule has 0 aromatic carbocycles. The third-order valence-electron chi connectivity index (χ3n) is 3.96. The van der Waals surface area contributed by atoms with Crippen LogP contribution in [0.5, 0.6) is 0 Å². The number of thiazole rings is 1. The van der Waals surface area contributed by atoms with E-state index in [1.165, 1.54) is 41.3 Å². The Kier molecular flexibility index (Phi) is 7.62. The second kappa shape index (κ2) is 8.70. The maximum Gasteiger partial charge on any atom is 0.0946 e. The molecule has 0 amide bonds. The number of aryl methyl sites for hydroxylation is 2. The number of nitrogens with one attached hydrogen (secondary N) is 1. The van der Waals surface area contributed by atoms with Crippen LogP contribution in [-0.4, -0.2) is 17.6 Å². The molecule has 0 fully saturated rings. The summed E-state index contributed by atoms with van der Waals surface area (Å²) in [7, 11) is 0. The van der Waals surface area contributed by atoms with E-state index < -0.39 is 0 Å². The van der Waals surface area contributed by atoms with Gasteiger partial charge < -0.3 is 5.32 Å². The average Bonchev–Trinajstić information content (AvgIpc) is 2.69. The Labute approximate surface area is 123 Å². The van der Waals surface area contributed by atoms with Crippen molar-refractivity contribution in [1.82, 2.24) is 10.3 Å². The topological polar surface area (TPSA) is 24.9 Å². The molecule has 0 radical (unpaired) electrons. The first-order valence-electron chi connectivity index (χ1n) is 7.78. The van der Waals surface area contributed by atoms with Crippen molar-refractivity contribution in [3.63, 3.8) is 0 Å². The molecule has 0 aliphatic rings. The number of aromatic nitrogens is 1. The molecule has 1 rings (SSSR count). The van der Waals surface area contributed by atoms with E-state index in [0.717, 1.165) is 18.9 Å². The van der Waals surface area contributed by atoms with Crippen molar-refractivity contribution in [2.75, 3.05) is 6.54 Å². The molecule has 19 heavy (non-hydrogen) atoms. The summed E-state index contributed by atoms with van der Waals surface area (Å²) in [6.45, 7) is 12.2. The molecule has 0 bridgehead atoms. The van der Waals surface area contributed by atoms with E-state index >= 15 is 0 Å². The molecule has 2 nitrogen and oxygen atoms in total. The molecule has 2 unspecified atom stereocenters. The summed E-state index contributed by atoms with van der Waals surface area (Å²) in [4.78, 5) is 6.08. The van der Waals surface area contributed by atoms with Crippen LogP contribution < -0.4 is 5.32 Å². The van der Waals surface area contributed by atoms with Crippen LogP contribution in [0, 0.1) is 19.8 Å². The van der Waals surface area contributed by atoms with Gasteiger partial charge in [-0.2, -0.15) is 0 Å². The molecule has 3 heteroatoms. The quantitative estimate of drug-likeness (QED) is 0.721. The predicted octanol–water partition coefficient (Wildman–Crippen LogP) is 4.50. The van der Waals surface area contributed by atoms with E-state index in [1.807, 2.05) is 11.3 Å². The lowest BCUT2D eigenvalue weighted by molar-refractivity contribution is 0.319. The lowest BCUT2D eigenvalue weighted by Gasteiger charge is -2.26. The lowest BCUT2D eigenvalue weighted by atomic mass is 9.89. The van der Waals surface area contributed by atoms with Gasteiger partial charge in [-0.1, -0.05) is 40.0 Å². The summed E-state index contributed by atoms with van der Waals surface area (Å²) in [6, 6.07) is 0.589. The Balaban J connectivity index is 2.69. The van der Waals surface area contributed by atoms with E-state index in [4.69, 9.17) is 4.98 Å². The zero-order valence-corrected chi connectivity index (χ0v) is 14.1. The molecule has 1 aromatic heterocycles. The number of hydrogen-bond donors (Lipinski definition) is 1. The Morgan fingerprint density at radius 3 is 2.42 bits per heavy atom. The van der Waals surface area contributed by atoms with Crippen molar-refractivity contribution >= 4 is 11.3 Å². The van der Waals surface area contributed by atoms with Gasteiger partial charge >= 0.3 is 0 Å². The van der Waals surface area contributed by atoms with Gasteiger partial charge in [-0.3, -0.25) is 0 Å². The van der Waals surface area contributed by atoms with Gasteiger partial charge in [-0.15, -0.1) is 11.3 Å². The molecule has 0 spiro atoms. The van der Waals surface area contributed by atoms with Gasteiger partial charge in [0, 0.05) is 17.3 Å². The first-order valence-corrected chi connectivity index (χ1v) is 8.60. The van der Waals surface area contributed by atoms with Crippen LogP contribution in [0.25, 0.3) is 0 Å². The third-order valence-corrected chi connectivity index (χ3v) is 5.05. The molecule has 0 aliphatic carbocycles. The third kappa shape index (κ3) is 5.23. The number of rotatable bonds is 9. The van der Waals surface area contributed by atoms with Gasteiger partial charge in [0.15, 0.2) is 0 Å². The highest BCUT2D eigenvalue weighted by Gasteiger charge is 2.20. The van der Waals surface area contributed by atoms with Crippen molar-refractivity contribution in [1.29, 1.82) is 0 Å². The van der Waals surface area contributed by atoms with Crippen LogP contribution in [-0.2, 0) is 6.42 Å². The molecule has 1 aromatic rings. The minimum Gasteiger partial charge on any atom is -0.314 e. The van der Waals surface area contributed by atoms with Crippen molar-refractivity contribution in [3.05, 3.63) is 15.6 Å². The maximum atomic E-state index is 4.71. The van der Waals surface area contributed by atoms with E-state index in [-0.39, 0.29) is 0 Å².